The van der Waals surface area contributed by atoms with Crippen LogP contribution in [0.5, 0.6) is 0 Å². The van der Waals surface area contributed by atoms with Crippen LogP contribution < -0.4 is 11.3 Å². The van der Waals surface area contributed by atoms with Crippen molar-refractivity contribution in [3.05, 3.63) is 50.6 Å². The molecule has 1 aromatic carbocycles. The van der Waals surface area contributed by atoms with E-state index in [-0.39, 0.29) is 12.1 Å². The number of H-pyrrole nitrogens is 1. The Hall–Kier alpha value is -1.53. The van der Waals surface area contributed by atoms with Crippen LogP contribution in [0.15, 0.2) is 33.7 Å². The normalized spacial score (nSPS) is 10.5. The van der Waals surface area contributed by atoms with Gasteiger partial charge in [0.2, 0.25) is 0 Å². The van der Waals surface area contributed by atoms with Gasteiger partial charge in [0.25, 0.3) is 5.56 Å². The lowest BCUT2D eigenvalue weighted by Gasteiger charge is -2.03. The van der Waals surface area contributed by atoms with E-state index >= 15 is 0 Å². The number of nitrogens with one attached hydrogen (secondary N) is 1. The quantitative estimate of drug-likeness (QED) is 0.888. The lowest BCUT2D eigenvalue weighted by molar-refractivity contribution is 0.627. The molecule has 0 unspecified atom stereocenters. The first kappa shape index (κ1) is 11.9. The zero-order valence-corrected chi connectivity index (χ0v) is 10.3. The van der Waals surface area contributed by atoms with Crippen molar-refractivity contribution in [2.75, 3.05) is 0 Å². The molecule has 4 nitrogen and oxygen atoms in total. The molecule has 2 rings (SSSR count). The topological polar surface area (TPSA) is 71.8 Å². The van der Waals surface area contributed by atoms with E-state index in [0.717, 1.165) is 0 Å². The number of hydrogen-bond acceptors (Lipinski definition) is 3. The van der Waals surface area contributed by atoms with Gasteiger partial charge < -0.3 is 10.7 Å². The number of halogens is 2. The van der Waals surface area contributed by atoms with Gasteiger partial charge in [-0.2, -0.15) is 0 Å². The molecule has 0 saturated heterocycles. The molecule has 17 heavy (non-hydrogen) atoms. The van der Waals surface area contributed by atoms with Crippen molar-refractivity contribution in [1.82, 2.24) is 9.97 Å². The molecular weight excluding hydrogens is 289 g/mol. The van der Waals surface area contributed by atoms with Gasteiger partial charge in [-0.25, -0.2) is 9.37 Å². The van der Waals surface area contributed by atoms with E-state index < -0.39 is 5.82 Å². The molecule has 0 saturated carbocycles. The van der Waals surface area contributed by atoms with Gasteiger partial charge in [0, 0.05) is 28.3 Å². The number of hydrogen-bond donors (Lipinski definition) is 2. The van der Waals surface area contributed by atoms with E-state index in [1.807, 2.05) is 0 Å². The standard InChI is InChI=1S/C11H9BrFN3O/c12-8-1-6(2-9(13)3-8)10-15-5-7(4-14)11(17)16-10/h1-3,5H,4,14H2,(H,15,16,17). The Morgan fingerprint density at radius 1 is 1.41 bits per heavy atom. The largest absolute Gasteiger partial charge is 0.326 e. The maximum atomic E-state index is 13.2. The smallest absolute Gasteiger partial charge is 0.255 e. The number of rotatable bonds is 2. The molecule has 0 spiro atoms. The second-order valence-corrected chi connectivity index (χ2v) is 4.36. The lowest BCUT2D eigenvalue weighted by Crippen LogP contribution is -2.17. The van der Waals surface area contributed by atoms with E-state index in [4.69, 9.17) is 5.73 Å². The zero-order valence-electron chi connectivity index (χ0n) is 8.71. The van der Waals surface area contributed by atoms with Gasteiger partial charge in [-0.05, 0) is 18.2 Å². The molecular formula is C11H9BrFN3O. The molecule has 0 aliphatic carbocycles. The van der Waals surface area contributed by atoms with Gasteiger partial charge in [0.1, 0.15) is 11.6 Å². The summed E-state index contributed by atoms with van der Waals surface area (Å²) in [6.07, 6.45) is 1.40. The molecule has 0 aliphatic heterocycles. The van der Waals surface area contributed by atoms with Gasteiger partial charge in [-0.15, -0.1) is 0 Å². The van der Waals surface area contributed by atoms with Crippen LogP contribution in [0.4, 0.5) is 4.39 Å². The number of aromatic amines is 1. The van der Waals surface area contributed by atoms with Crippen molar-refractivity contribution in [3.63, 3.8) is 0 Å². The summed E-state index contributed by atoms with van der Waals surface area (Å²) in [4.78, 5) is 18.1. The van der Waals surface area contributed by atoms with Crippen molar-refractivity contribution >= 4 is 15.9 Å². The predicted octanol–water partition coefficient (Wildman–Crippen LogP) is 1.80. The lowest BCUT2D eigenvalue weighted by atomic mass is 10.2. The minimum Gasteiger partial charge on any atom is -0.326 e. The highest BCUT2D eigenvalue weighted by Gasteiger charge is 2.06. The minimum atomic E-state index is -0.403. The monoisotopic (exact) mass is 297 g/mol. The third kappa shape index (κ3) is 2.59. The Labute approximate surface area is 105 Å². The summed E-state index contributed by atoms with van der Waals surface area (Å²) in [5.41, 5.74) is 5.94. The van der Waals surface area contributed by atoms with Crippen molar-refractivity contribution in [2.45, 2.75) is 6.54 Å². The number of nitrogens with two attached hydrogens (primary N) is 1. The van der Waals surface area contributed by atoms with Crippen LogP contribution >= 0.6 is 15.9 Å². The fraction of sp³-hybridized carbons (Fsp3) is 0.0909. The van der Waals surface area contributed by atoms with E-state index in [2.05, 4.69) is 25.9 Å². The Kier molecular flexibility index (Phi) is 3.35. The Morgan fingerprint density at radius 3 is 2.76 bits per heavy atom. The molecule has 0 aliphatic rings. The summed E-state index contributed by atoms with van der Waals surface area (Å²) < 4.78 is 13.8. The van der Waals surface area contributed by atoms with E-state index in [1.165, 1.54) is 18.3 Å². The molecule has 0 atom stereocenters. The molecule has 0 radical (unpaired) electrons. The highest BCUT2D eigenvalue weighted by molar-refractivity contribution is 9.10. The predicted molar refractivity (Wildman–Crippen MR) is 65.8 cm³/mol. The second-order valence-electron chi connectivity index (χ2n) is 3.45. The Morgan fingerprint density at radius 2 is 2.18 bits per heavy atom. The number of nitrogens with zero attached hydrogens (tertiary/aromatic N) is 1. The second kappa shape index (κ2) is 4.77. The van der Waals surface area contributed by atoms with Crippen LogP contribution in [0.1, 0.15) is 5.56 Å². The highest BCUT2D eigenvalue weighted by Crippen LogP contribution is 2.21. The van der Waals surface area contributed by atoms with Crippen molar-refractivity contribution in [1.29, 1.82) is 0 Å². The van der Waals surface area contributed by atoms with Crippen LogP contribution in [0.2, 0.25) is 0 Å². The van der Waals surface area contributed by atoms with E-state index in [9.17, 15) is 9.18 Å². The third-order valence-corrected chi connectivity index (χ3v) is 2.69. The molecule has 0 fully saturated rings. The first-order valence-electron chi connectivity index (χ1n) is 4.85. The van der Waals surface area contributed by atoms with Gasteiger partial charge in [-0.1, -0.05) is 15.9 Å². The average molecular weight is 298 g/mol. The van der Waals surface area contributed by atoms with Crippen molar-refractivity contribution < 1.29 is 4.39 Å². The molecule has 88 valence electrons. The van der Waals surface area contributed by atoms with Crippen LogP contribution in [-0.4, -0.2) is 9.97 Å². The van der Waals surface area contributed by atoms with Crippen LogP contribution in [0.25, 0.3) is 11.4 Å². The highest BCUT2D eigenvalue weighted by atomic mass is 79.9. The van der Waals surface area contributed by atoms with E-state index in [0.29, 0.717) is 21.4 Å². The van der Waals surface area contributed by atoms with Crippen LogP contribution in [0, 0.1) is 5.82 Å². The average Bonchev–Trinajstić information content (AvgIpc) is 2.27. The van der Waals surface area contributed by atoms with Gasteiger partial charge in [0.05, 0.1) is 0 Å². The van der Waals surface area contributed by atoms with Gasteiger partial charge in [0.15, 0.2) is 0 Å². The zero-order chi connectivity index (χ0) is 12.4. The van der Waals surface area contributed by atoms with Crippen molar-refractivity contribution in [2.24, 2.45) is 5.73 Å². The summed E-state index contributed by atoms with van der Waals surface area (Å²) in [6, 6.07) is 4.30. The summed E-state index contributed by atoms with van der Waals surface area (Å²) in [6.45, 7) is 0.120. The SMILES string of the molecule is NCc1cnc(-c2cc(F)cc(Br)c2)[nH]c1=O. The molecule has 2 aromatic rings. The third-order valence-electron chi connectivity index (χ3n) is 2.23. The fourth-order valence-corrected chi connectivity index (χ4v) is 1.87. The maximum absolute atomic E-state index is 13.2. The Balaban J connectivity index is 2.53. The minimum absolute atomic E-state index is 0.120. The maximum Gasteiger partial charge on any atom is 0.255 e. The molecule has 3 N–H and O–H groups in total. The van der Waals surface area contributed by atoms with E-state index in [1.54, 1.807) is 6.07 Å². The molecule has 1 heterocycles. The summed E-state index contributed by atoms with van der Waals surface area (Å²) in [5.74, 6) is -0.0904. The number of benzene rings is 1. The molecule has 6 heteroatoms. The Bertz CT molecular complexity index is 592. The molecule has 0 bridgehead atoms. The summed E-state index contributed by atoms with van der Waals surface area (Å²) in [7, 11) is 0. The van der Waals surface area contributed by atoms with Crippen LogP contribution in [-0.2, 0) is 6.54 Å². The van der Waals surface area contributed by atoms with Gasteiger partial charge in [-0.3, -0.25) is 4.79 Å². The molecule has 1 aromatic heterocycles. The van der Waals surface area contributed by atoms with Crippen molar-refractivity contribution in [3.8, 4) is 11.4 Å². The van der Waals surface area contributed by atoms with Crippen LogP contribution in [0.3, 0.4) is 0 Å². The molecule has 0 amide bonds. The van der Waals surface area contributed by atoms with Gasteiger partial charge >= 0.3 is 0 Å². The first-order valence-corrected chi connectivity index (χ1v) is 5.64. The summed E-state index contributed by atoms with van der Waals surface area (Å²) in [5, 5.41) is 0. The number of aromatic nitrogens is 2. The first-order chi connectivity index (χ1) is 8.10. The fourth-order valence-electron chi connectivity index (χ4n) is 1.40. The summed E-state index contributed by atoms with van der Waals surface area (Å²) >= 11 is 3.18.